The van der Waals surface area contributed by atoms with Crippen LogP contribution in [0.4, 0.5) is 5.95 Å². The van der Waals surface area contributed by atoms with E-state index in [4.69, 9.17) is 11.6 Å². The Labute approximate surface area is 175 Å². The molecule has 0 radical (unpaired) electrons. The van der Waals surface area contributed by atoms with Gasteiger partial charge in [0, 0.05) is 55.8 Å². The fraction of sp³-hybridized carbons (Fsp3) is 0.273. The van der Waals surface area contributed by atoms with Crippen LogP contribution in [0, 0.1) is 0 Å². The quantitative estimate of drug-likeness (QED) is 0.680. The number of anilines is 1. The van der Waals surface area contributed by atoms with Crippen molar-refractivity contribution in [2.45, 2.75) is 6.54 Å². The van der Waals surface area contributed by atoms with E-state index in [1.807, 2.05) is 65.4 Å². The molecule has 7 heteroatoms. The third kappa shape index (κ3) is 4.96. The number of hydrogen-bond donors (Lipinski definition) is 1. The highest BCUT2D eigenvalue weighted by Crippen LogP contribution is 2.22. The van der Waals surface area contributed by atoms with Gasteiger partial charge >= 0.3 is 0 Å². The van der Waals surface area contributed by atoms with Crippen LogP contribution in [-0.4, -0.2) is 53.1 Å². The average Bonchev–Trinajstić information content (AvgIpc) is 3.24. The number of nitrogens with one attached hydrogen (secondary N) is 1. The predicted octanol–water partition coefficient (Wildman–Crippen LogP) is 2.96. The molecule has 0 atom stereocenters. The maximum absolute atomic E-state index is 12.3. The minimum atomic E-state index is 0.0581. The highest BCUT2D eigenvalue weighted by atomic mass is 35.5. The Balaban J connectivity index is 1.30. The molecule has 6 nitrogen and oxygen atoms in total. The molecule has 4 rings (SSSR count). The summed E-state index contributed by atoms with van der Waals surface area (Å²) in [7, 11) is 0. The van der Waals surface area contributed by atoms with Crippen molar-refractivity contribution in [3.8, 4) is 5.69 Å². The second kappa shape index (κ2) is 9.11. The largest absolute Gasteiger partial charge is 0.351 e. The number of hydrogen-bond acceptors (Lipinski definition) is 4. The molecule has 0 saturated carbocycles. The molecule has 1 aliphatic heterocycles. The van der Waals surface area contributed by atoms with Gasteiger partial charge in [0.2, 0.25) is 11.9 Å². The van der Waals surface area contributed by atoms with Crippen LogP contribution in [0.15, 0.2) is 67.0 Å². The first-order valence-electron chi connectivity index (χ1n) is 9.76. The summed E-state index contributed by atoms with van der Waals surface area (Å²) in [5, 5.41) is 3.70. The monoisotopic (exact) mass is 409 g/mol. The molecule has 0 aliphatic carbocycles. The molecule has 0 unspecified atom stereocenters. The Kier molecular flexibility index (Phi) is 6.12. The van der Waals surface area contributed by atoms with Crippen molar-refractivity contribution in [2.75, 3.05) is 37.6 Å². The lowest BCUT2D eigenvalue weighted by molar-refractivity contribution is -0.122. The Morgan fingerprint density at radius 1 is 1.03 bits per heavy atom. The van der Waals surface area contributed by atoms with E-state index < -0.39 is 0 Å². The van der Waals surface area contributed by atoms with Crippen LogP contribution in [0.3, 0.4) is 0 Å². The number of halogens is 1. The summed E-state index contributed by atoms with van der Waals surface area (Å²) in [5.41, 5.74) is 2.10. The van der Waals surface area contributed by atoms with Crippen molar-refractivity contribution in [3.63, 3.8) is 0 Å². The maximum atomic E-state index is 12.3. The lowest BCUT2D eigenvalue weighted by atomic mass is 10.2. The third-order valence-corrected chi connectivity index (χ3v) is 5.30. The van der Waals surface area contributed by atoms with Gasteiger partial charge in [-0.15, -0.1) is 0 Å². The number of benzene rings is 2. The van der Waals surface area contributed by atoms with E-state index in [2.05, 4.69) is 20.1 Å². The van der Waals surface area contributed by atoms with Gasteiger partial charge in [-0.05, 0) is 23.8 Å². The lowest BCUT2D eigenvalue weighted by Crippen LogP contribution is -2.50. The molecular formula is C22H24ClN5O. The fourth-order valence-electron chi connectivity index (χ4n) is 3.52. The summed E-state index contributed by atoms with van der Waals surface area (Å²) in [5.74, 6) is 0.961. The Morgan fingerprint density at radius 2 is 1.83 bits per heavy atom. The number of carbonyl (C=O) groups excluding carboxylic acids is 1. The molecule has 150 valence electrons. The summed E-state index contributed by atoms with van der Waals surface area (Å²) in [6, 6.07) is 17.7. The highest BCUT2D eigenvalue weighted by Gasteiger charge is 2.22. The normalized spacial score (nSPS) is 14.7. The average molecular weight is 410 g/mol. The van der Waals surface area contributed by atoms with Crippen molar-refractivity contribution < 1.29 is 4.79 Å². The summed E-state index contributed by atoms with van der Waals surface area (Å²) in [6.07, 6.45) is 3.75. The van der Waals surface area contributed by atoms with Crippen LogP contribution in [0.25, 0.3) is 5.69 Å². The number of carbonyl (C=O) groups is 1. The maximum Gasteiger partial charge on any atom is 0.234 e. The van der Waals surface area contributed by atoms with E-state index in [-0.39, 0.29) is 5.91 Å². The van der Waals surface area contributed by atoms with Gasteiger partial charge in [0.1, 0.15) is 0 Å². The van der Waals surface area contributed by atoms with Gasteiger partial charge in [0.15, 0.2) is 0 Å². The smallest absolute Gasteiger partial charge is 0.234 e. The van der Waals surface area contributed by atoms with E-state index in [0.29, 0.717) is 18.1 Å². The van der Waals surface area contributed by atoms with Crippen LogP contribution in [-0.2, 0) is 11.3 Å². The molecule has 3 aromatic rings. The van der Waals surface area contributed by atoms with Crippen molar-refractivity contribution in [1.82, 2.24) is 19.8 Å². The molecule has 1 aromatic heterocycles. The number of piperazine rings is 1. The third-order valence-electron chi connectivity index (χ3n) is 5.06. The lowest BCUT2D eigenvalue weighted by Gasteiger charge is -2.35. The molecule has 1 fully saturated rings. The molecule has 2 heterocycles. The number of amides is 1. The first kappa shape index (κ1) is 19.5. The van der Waals surface area contributed by atoms with E-state index in [9.17, 15) is 4.79 Å². The molecular weight excluding hydrogens is 386 g/mol. The van der Waals surface area contributed by atoms with Gasteiger partial charge in [-0.25, -0.2) is 4.98 Å². The number of aromatic nitrogens is 2. The van der Waals surface area contributed by atoms with Crippen molar-refractivity contribution in [2.24, 2.45) is 0 Å². The van der Waals surface area contributed by atoms with Crippen LogP contribution >= 0.6 is 11.6 Å². The van der Waals surface area contributed by atoms with Crippen LogP contribution in [0.2, 0.25) is 5.02 Å². The predicted molar refractivity (Wildman–Crippen MR) is 116 cm³/mol. The van der Waals surface area contributed by atoms with Gasteiger partial charge in [-0.2, -0.15) is 0 Å². The fourth-order valence-corrected chi connectivity index (χ4v) is 3.70. The minimum Gasteiger partial charge on any atom is -0.351 e. The van der Waals surface area contributed by atoms with Crippen LogP contribution in [0.1, 0.15) is 5.56 Å². The Bertz CT molecular complexity index is 951. The first-order valence-corrected chi connectivity index (χ1v) is 10.1. The van der Waals surface area contributed by atoms with E-state index >= 15 is 0 Å². The number of rotatable bonds is 6. The SMILES string of the molecule is O=C(CN1CCN(c2nccn2-c2cccc(Cl)c2)CC1)NCc1ccccc1. The van der Waals surface area contributed by atoms with Crippen molar-refractivity contribution in [1.29, 1.82) is 0 Å². The molecule has 0 spiro atoms. The summed E-state index contributed by atoms with van der Waals surface area (Å²) in [6.45, 7) is 4.27. The number of nitrogens with zero attached hydrogens (tertiary/aromatic N) is 4. The molecule has 1 N–H and O–H groups in total. The van der Waals surface area contributed by atoms with E-state index in [0.717, 1.165) is 43.4 Å². The Hall–Kier alpha value is -2.83. The van der Waals surface area contributed by atoms with Gasteiger partial charge in [-0.3, -0.25) is 14.3 Å². The van der Waals surface area contributed by atoms with E-state index in [1.165, 1.54) is 0 Å². The number of imidazole rings is 1. The van der Waals surface area contributed by atoms with Crippen molar-refractivity contribution in [3.05, 3.63) is 77.6 Å². The van der Waals surface area contributed by atoms with Gasteiger partial charge in [0.25, 0.3) is 0 Å². The van der Waals surface area contributed by atoms with Crippen LogP contribution in [0.5, 0.6) is 0 Å². The first-order chi connectivity index (χ1) is 14.2. The standard InChI is InChI=1S/C22H24ClN5O/c23-19-7-4-8-20(15-19)28-10-9-24-22(28)27-13-11-26(12-14-27)17-21(29)25-16-18-5-2-1-3-6-18/h1-10,15H,11-14,16-17H2,(H,25,29). The second-order valence-corrected chi connectivity index (χ2v) is 7.54. The topological polar surface area (TPSA) is 53.4 Å². The van der Waals surface area contributed by atoms with Gasteiger partial charge in [0.05, 0.1) is 6.54 Å². The van der Waals surface area contributed by atoms with Gasteiger partial charge < -0.3 is 10.2 Å². The minimum absolute atomic E-state index is 0.0581. The Morgan fingerprint density at radius 3 is 2.59 bits per heavy atom. The molecule has 1 aliphatic rings. The van der Waals surface area contributed by atoms with Gasteiger partial charge in [-0.1, -0.05) is 48.0 Å². The zero-order valence-corrected chi connectivity index (χ0v) is 16.9. The summed E-state index contributed by atoms with van der Waals surface area (Å²) < 4.78 is 2.05. The molecule has 2 aromatic carbocycles. The summed E-state index contributed by atoms with van der Waals surface area (Å²) >= 11 is 6.14. The molecule has 1 saturated heterocycles. The molecule has 29 heavy (non-hydrogen) atoms. The zero-order chi connectivity index (χ0) is 20.1. The summed E-state index contributed by atoms with van der Waals surface area (Å²) in [4.78, 5) is 21.2. The van der Waals surface area contributed by atoms with Crippen LogP contribution < -0.4 is 10.2 Å². The zero-order valence-electron chi connectivity index (χ0n) is 16.2. The molecule has 1 amide bonds. The molecule has 0 bridgehead atoms. The highest BCUT2D eigenvalue weighted by molar-refractivity contribution is 6.30. The van der Waals surface area contributed by atoms with E-state index in [1.54, 1.807) is 6.20 Å². The van der Waals surface area contributed by atoms with Crippen molar-refractivity contribution >= 4 is 23.5 Å². The second-order valence-electron chi connectivity index (χ2n) is 7.10.